The Hall–Kier alpha value is 1.08. The van der Waals surface area contributed by atoms with Gasteiger partial charge in [0.05, 0.1) is 0 Å². The molecule has 1 nitrogen and oxygen atoms in total. The molecule has 0 aromatic carbocycles. The molecule has 1 fully saturated rings. The van der Waals surface area contributed by atoms with Gasteiger partial charge in [-0.05, 0) is 19.3 Å². The van der Waals surface area contributed by atoms with E-state index in [1.807, 2.05) is 0 Å². The Morgan fingerprint density at radius 1 is 0.875 bits per heavy atom. The van der Waals surface area contributed by atoms with Crippen LogP contribution in [0.4, 0.5) is 0 Å². The Morgan fingerprint density at radius 2 is 1.38 bits per heavy atom. The second-order valence-electron chi connectivity index (χ2n) is 1.67. The van der Waals surface area contributed by atoms with Crippen molar-refractivity contribution in [1.82, 2.24) is 0 Å². The second kappa shape index (κ2) is 8.08. The molecule has 1 radical (unpaired) electrons. The van der Waals surface area contributed by atoms with Gasteiger partial charge < -0.3 is 4.74 Å². The number of hydrogen-bond donors (Lipinski definition) is 0. The Labute approximate surface area is 73.2 Å². The monoisotopic (exact) mass is 167 g/mol. The van der Waals surface area contributed by atoms with E-state index in [9.17, 15) is 0 Å². The standard InChI is InChI=1S/C5H10O.Al.V.3H/c1-2-4-6-5-3-1;;;;;/h1-5H2;;;;;. The van der Waals surface area contributed by atoms with Crippen LogP contribution in [0.5, 0.6) is 0 Å². The first-order chi connectivity index (χ1) is 3.00. The first-order valence-corrected chi connectivity index (χ1v) is 2.58. The van der Waals surface area contributed by atoms with Crippen molar-refractivity contribution in [3.63, 3.8) is 0 Å². The summed E-state index contributed by atoms with van der Waals surface area (Å²) in [6.45, 7) is 2.00. The quantitative estimate of drug-likeness (QED) is 0.461. The summed E-state index contributed by atoms with van der Waals surface area (Å²) in [6, 6.07) is 0. The van der Waals surface area contributed by atoms with E-state index in [0.29, 0.717) is 0 Å². The Balaban J connectivity index is 0. The molecule has 1 aliphatic rings. The molecule has 0 N–H and O–H groups in total. The molecule has 0 aromatic heterocycles. The molecule has 0 spiro atoms. The van der Waals surface area contributed by atoms with Crippen LogP contribution in [0.25, 0.3) is 0 Å². The van der Waals surface area contributed by atoms with Crippen LogP contribution in [0.15, 0.2) is 0 Å². The van der Waals surface area contributed by atoms with Crippen LogP contribution in [0.2, 0.25) is 0 Å². The van der Waals surface area contributed by atoms with Gasteiger partial charge in [-0.15, -0.1) is 0 Å². The molecule has 0 unspecified atom stereocenters. The predicted octanol–water partition coefficient (Wildman–Crippen LogP) is 0.000500. The zero-order valence-electron chi connectivity index (χ0n) is 4.39. The minimum absolute atomic E-state index is 0. The van der Waals surface area contributed by atoms with Gasteiger partial charge in [0, 0.05) is 31.8 Å². The number of rotatable bonds is 0. The fraction of sp³-hybridized carbons (Fsp3) is 1.00. The van der Waals surface area contributed by atoms with Gasteiger partial charge >= 0.3 is 0 Å². The molecule has 1 aliphatic heterocycles. The van der Waals surface area contributed by atoms with Crippen LogP contribution in [0.3, 0.4) is 0 Å². The van der Waals surface area contributed by atoms with Crippen LogP contribution in [0, 0.1) is 0 Å². The fourth-order valence-corrected chi connectivity index (χ4v) is 0.687. The maximum Gasteiger partial charge on any atom is 0.187 e. The minimum Gasteiger partial charge on any atom is -0.381 e. The molecule has 0 saturated carbocycles. The number of hydrogen-bond acceptors (Lipinski definition) is 1. The van der Waals surface area contributed by atoms with Gasteiger partial charge in [0.15, 0.2) is 17.4 Å². The fourth-order valence-electron chi connectivity index (χ4n) is 0.687. The third-order valence-electron chi connectivity index (χ3n) is 1.08. The van der Waals surface area contributed by atoms with Gasteiger partial charge in [-0.2, -0.15) is 0 Å². The Morgan fingerprint density at radius 3 is 1.50 bits per heavy atom. The van der Waals surface area contributed by atoms with E-state index in [1.165, 1.54) is 19.3 Å². The van der Waals surface area contributed by atoms with Crippen LogP contribution in [0.1, 0.15) is 19.3 Å². The summed E-state index contributed by atoms with van der Waals surface area (Å²) in [5.41, 5.74) is 0. The predicted molar refractivity (Wildman–Crippen MR) is 34.6 cm³/mol. The first kappa shape index (κ1) is 11.8. The zero-order chi connectivity index (χ0) is 4.24. The smallest absolute Gasteiger partial charge is 0.187 e. The van der Waals surface area contributed by atoms with Gasteiger partial charge in [0.2, 0.25) is 0 Å². The van der Waals surface area contributed by atoms with E-state index in [2.05, 4.69) is 0 Å². The topological polar surface area (TPSA) is 9.23 Å². The van der Waals surface area contributed by atoms with Crippen molar-refractivity contribution in [3.05, 3.63) is 0 Å². The van der Waals surface area contributed by atoms with Crippen molar-refractivity contribution in [2.24, 2.45) is 0 Å². The summed E-state index contributed by atoms with van der Waals surface area (Å²) in [6.07, 6.45) is 3.93. The SMILES string of the molecule is C1CCOCC1.[AlH3].[V]. The summed E-state index contributed by atoms with van der Waals surface area (Å²) in [5, 5.41) is 0. The van der Waals surface area contributed by atoms with Crippen molar-refractivity contribution < 1.29 is 23.3 Å². The van der Waals surface area contributed by atoms with E-state index < -0.39 is 0 Å². The summed E-state index contributed by atoms with van der Waals surface area (Å²) < 4.78 is 5.07. The molecule has 47 valence electrons. The van der Waals surface area contributed by atoms with Crippen molar-refractivity contribution in [3.8, 4) is 0 Å². The van der Waals surface area contributed by atoms with Gasteiger partial charge in [0.1, 0.15) is 0 Å². The maximum absolute atomic E-state index is 5.07. The maximum atomic E-state index is 5.07. The third kappa shape index (κ3) is 5.22. The Kier molecular flexibility index (Phi) is 11.9. The van der Waals surface area contributed by atoms with Gasteiger partial charge in [-0.1, -0.05) is 0 Å². The van der Waals surface area contributed by atoms with E-state index >= 15 is 0 Å². The molecule has 1 heterocycles. The van der Waals surface area contributed by atoms with E-state index in [-0.39, 0.29) is 35.9 Å². The molecule has 0 bridgehead atoms. The molecule has 0 atom stereocenters. The minimum atomic E-state index is 0. The van der Waals surface area contributed by atoms with E-state index in [4.69, 9.17) is 4.74 Å². The third-order valence-corrected chi connectivity index (χ3v) is 1.08. The van der Waals surface area contributed by atoms with Gasteiger partial charge in [0.25, 0.3) is 0 Å². The number of ether oxygens (including phenoxy) is 1. The molecule has 0 amide bonds. The molecule has 0 aromatic rings. The molecule has 0 aliphatic carbocycles. The average Bonchev–Trinajstić information content (AvgIpc) is 1.72. The van der Waals surface area contributed by atoms with Crippen molar-refractivity contribution in [1.29, 1.82) is 0 Å². The van der Waals surface area contributed by atoms with Gasteiger partial charge in [-0.3, -0.25) is 0 Å². The van der Waals surface area contributed by atoms with Crippen molar-refractivity contribution in [2.75, 3.05) is 13.2 Å². The summed E-state index contributed by atoms with van der Waals surface area (Å²) in [5.74, 6) is 0. The van der Waals surface area contributed by atoms with Crippen LogP contribution < -0.4 is 0 Å². The molecule has 1 saturated heterocycles. The van der Waals surface area contributed by atoms with E-state index in [1.54, 1.807) is 0 Å². The summed E-state index contributed by atoms with van der Waals surface area (Å²) >= 11 is 0. The van der Waals surface area contributed by atoms with Crippen LogP contribution >= 0.6 is 0 Å². The van der Waals surface area contributed by atoms with Crippen LogP contribution in [-0.4, -0.2) is 30.6 Å². The average molecular weight is 167 g/mol. The second-order valence-corrected chi connectivity index (χ2v) is 1.67. The summed E-state index contributed by atoms with van der Waals surface area (Å²) in [7, 11) is 0. The van der Waals surface area contributed by atoms with Crippen LogP contribution in [-0.2, 0) is 23.3 Å². The first-order valence-electron chi connectivity index (χ1n) is 2.58. The molecule has 3 heteroatoms. The molecular weight excluding hydrogens is 154 g/mol. The van der Waals surface area contributed by atoms with Gasteiger partial charge in [-0.25, -0.2) is 0 Å². The molecular formula is C5H13AlOV. The molecule has 8 heavy (non-hydrogen) atoms. The molecule has 1 rings (SSSR count). The zero-order valence-corrected chi connectivity index (χ0v) is 5.79. The normalized spacial score (nSPS) is 18.0. The summed E-state index contributed by atoms with van der Waals surface area (Å²) in [4.78, 5) is 0. The largest absolute Gasteiger partial charge is 0.381 e. The Bertz CT molecular complexity index is 27.9. The van der Waals surface area contributed by atoms with Crippen molar-refractivity contribution >= 4 is 17.4 Å². The van der Waals surface area contributed by atoms with Crippen molar-refractivity contribution in [2.45, 2.75) is 19.3 Å². The van der Waals surface area contributed by atoms with E-state index in [0.717, 1.165) is 13.2 Å².